The molecule has 5 aromatic carbocycles. The molecule has 1 aliphatic rings. The van der Waals surface area contributed by atoms with Gasteiger partial charge in [0, 0.05) is 37.5 Å². The molecule has 1 heterocycles. The Labute approximate surface area is 306 Å². The molecule has 5 aromatic rings. The highest BCUT2D eigenvalue weighted by molar-refractivity contribution is 5.83. The minimum Gasteiger partial charge on any atom is -0.453 e. The number of rotatable bonds is 12. The van der Waals surface area contributed by atoms with Crippen LogP contribution < -0.4 is 5.32 Å². The van der Waals surface area contributed by atoms with E-state index in [4.69, 9.17) is 14.2 Å². The van der Waals surface area contributed by atoms with E-state index in [0.29, 0.717) is 13.1 Å². The first kappa shape index (κ1) is 36.9. The van der Waals surface area contributed by atoms with E-state index in [9.17, 15) is 14.7 Å². The van der Waals surface area contributed by atoms with Crippen molar-refractivity contribution in [1.29, 1.82) is 0 Å². The highest BCUT2D eigenvalue weighted by atomic mass is 16.7. The zero-order chi connectivity index (χ0) is 36.8. The summed E-state index contributed by atoms with van der Waals surface area (Å²) >= 11 is 0. The average molecular weight is 701 g/mol. The van der Waals surface area contributed by atoms with Crippen LogP contribution in [0.5, 0.6) is 0 Å². The number of aliphatic hydroxyl groups is 1. The van der Waals surface area contributed by atoms with Gasteiger partial charge in [-0.1, -0.05) is 110 Å². The van der Waals surface area contributed by atoms with Crippen LogP contribution in [-0.2, 0) is 37.0 Å². The Hall–Kier alpha value is -4.86. The van der Waals surface area contributed by atoms with Crippen LogP contribution >= 0.6 is 0 Å². The van der Waals surface area contributed by atoms with Crippen LogP contribution in [0.3, 0.4) is 0 Å². The van der Waals surface area contributed by atoms with E-state index < -0.39 is 18.4 Å². The van der Waals surface area contributed by atoms with Gasteiger partial charge in [-0.2, -0.15) is 0 Å². The third kappa shape index (κ3) is 8.77. The molecule has 6 atom stereocenters. The number of amides is 1. The standard InChI is InChI=1S/C44H48N2O6/c1-28-41(26-46(5)29(2)38-22-19-34-10-6-7-11-40(34)24-38)51-44(52-42(28)36-15-13-32(27-47)14-16-36)37-20-17-35(18-21-37)39-12-8-9-33(23-39)25-45-43(49)30(3)50-31(4)48/h6-24,28-30,41-42,44,47H,25-27H2,1-5H3,(H,45,49)/t28-,29-,30+,41+,42+,44+/m1/s1. The van der Waals surface area contributed by atoms with Gasteiger partial charge in [0.2, 0.25) is 0 Å². The molecule has 0 spiro atoms. The second-order valence-corrected chi connectivity index (χ2v) is 13.8. The molecule has 0 bridgehead atoms. The van der Waals surface area contributed by atoms with Gasteiger partial charge in [-0.15, -0.1) is 0 Å². The van der Waals surface area contributed by atoms with Gasteiger partial charge < -0.3 is 24.6 Å². The smallest absolute Gasteiger partial charge is 0.303 e. The summed E-state index contributed by atoms with van der Waals surface area (Å²) in [7, 11) is 2.15. The topological polar surface area (TPSA) is 97.3 Å². The quantitative estimate of drug-likeness (QED) is 0.127. The van der Waals surface area contributed by atoms with Crippen molar-refractivity contribution in [2.45, 2.75) is 71.5 Å². The van der Waals surface area contributed by atoms with Gasteiger partial charge in [0.05, 0.1) is 18.8 Å². The summed E-state index contributed by atoms with van der Waals surface area (Å²) < 4.78 is 18.5. The number of aliphatic hydroxyl groups excluding tert-OH is 1. The lowest BCUT2D eigenvalue weighted by Gasteiger charge is -2.43. The van der Waals surface area contributed by atoms with E-state index >= 15 is 0 Å². The number of esters is 1. The molecule has 8 nitrogen and oxygen atoms in total. The minimum atomic E-state index is -0.854. The van der Waals surface area contributed by atoms with Crippen LogP contribution in [0.4, 0.5) is 0 Å². The van der Waals surface area contributed by atoms with Gasteiger partial charge in [0.1, 0.15) is 0 Å². The molecule has 1 fully saturated rings. The van der Waals surface area contributed by atoms with E-state index in [1.165, 1.54) is 23.3 Å². The number of likely N-dealkylation sites (N-methyl/N-ethyl adjacent to an activating group) is 1. The second kappa shape index (κ2) is 16.7. The zero-order valence-corrected chi connectivity index (χ0v) is 30.5. The fourth-order valence-electron chi connectivity index (χ4n) is 6.82. The SMILES string of the molecule is CC(=O)O[C@@H](C)C(=O)NCc1cccc(-c2ccc([C@H]3O[C@@H](CN(C)[C@H](C)c4ccc5ccccc5c4)[C@@H](C)[C@@H](c4ccc(CO)cc4)O3)cc2)c1. The van der Waals surface area contributed by atoms with E-state index in [1.54, 1.807) is 6.92 Å². The Morgan fingerprint density at radius 2 is 1.52 bits per heavy atom. The van der Waals surface area contributed by atoms with Crippen molar-refractivity contribution >= 4 is 22.6 Å². The fraction of sp³-hybridized carbons (Fsp3) is 0.318. The molecule has 1 saturated heterocycles. The summed E-state index contributed by atoms with van der Waals surface area (Å²) in [6, 6.07) is 39.5. The van der Waals surface area contributed by atoms with Crippen LogP contribution in [0.15, 0.2) is 115 Å². The van der Waals surface area contributed by atoms with Crippen molar-refractivity contribution in [2.24, 2.45) is 5.92 Å². The van der Waals surface area contributed by atoms with Gasteiger partial charge in [0.15, 0.2) is 12.4 Å². The maximum atomic E-state index is 12.4. The van der Waals surface area contributed by atoms with Gasteiger partial charge in [0.25, 0.3) is 5.91 Å². The predicted octanol–water partition coefficient (Wildman–Crippen LogP) is 8.05. The molecule has 0 aliphatic carbocycles. The Kier molecular flexibility index (Phi) is 11.8. The van der Waals surface area contributed by atoms with E-state index in [-0.39, 0.29) is 36.7 Å². The molecule has 0 saturated carbocycles. The molecule has 6 rings (SSSR count). The number of benzene rings is 5. The van der Waals surface area contributed by atoms with Gasteiger partial charge >= 0.3 is 5.97 Å². The Balaban J connectivity index is 1.19. The lowest BCUT2D eigenvalue weighted by molar-refractivity contribution is -0.276. The number of hydrogen-bond donors (Lipinski definition) is 2. The van der Waals surface area contributed by atoms with Crippen molar-refractivity contribution in [2.75, 3.05) is 13.6 Å². The molecule has 1 amide bonds. The first-order valence-electron chi connectivity index (χ1n) is 17.9. The summed E-state index contributed by atoms with van der Waals surface area (Å²) in [5.74, 6) is -0.780. The molecule has 2 N–H and O–H groups in total. The average Bonchev–Trinajstić information content (AvgIpc) is 3.17. The normalized spacial score (nSPS) is 20.0. The maximum Gasteiger partial charge on any atom is 0.303 e. The number of carbonyl (C=O) groups excluding carboxylic acids is 2. The van der Waals surface area contributed by atoms with Crippen molar-refractivity contribution < 1.29 is 28.9 Å². The van der Waals surface area contributed by atoms with E-state index in [1.807, 2.05) is 48.5 Å². The molecular formula is C44H48N2O6. The lowest BCUT2D eigenvalue weighted by atomic mass is 9.89. The number of hydrogen-bond acceptors (Lipinski definition) is 7. The summed E-state index contributed by atoms with van der Waals surface area (Å²) in [6.45, 7) is 8.28. The zero-order valence-electron chi connectivity index (χ0n) is 30.5. The summed E-state index contributed by atoms with van der Waals surface area (Å²) in [5.41, 5.74) is 7.05. The Bertz CT molecular complexity index is 1980. The van der Waals surface area contributed by atoms with Crippen molar-refractivity contribution in [3.63, 3.8) is 0 Å². The largest absolute Gasteiger partial charge is 0.453 e. The number of nitrogens with zero attached hydrogens (tertiary/aromatic N) is 1. The van der Waals surface area contributed by atoms with E-state index in [2.05, 4.69) is 97.8 Å². The van der Waals surface area contributed by atoms with Crippen LogP contribution in [0.2, 0.25) is 0 Å². The van der Waals surface area contributed by atoms with E-state index in [0.717, 1.165) is 33.4 Å². The third-order valence-electron chi connectivity index (χ3n) is 10.1. The van der Waals surface area contributed by atoms with Crippen LogP contribution in [-0.4, -0.2) is 47.7 Å². The number of nitrogens with one attached hydrogen (secondary N) is 1. The Morgan fingerprint density at radius 3 is 2.23 bits per heavy atom. The molecule has 0 unspecified atom stereocenters. The monoisotopic (exact) mass is 700 g/mol. The molecule has 1 aliphatic heterocycles. The minimum absolute atomic E-state index is 0.00758. The van der Waals surface area contributed by atoms with Crippen molar-refractivity contribution in [3.05, 3.63) is 143 Å². The lowest BCUT2D eigenvalue weighted by Crippen LogP contribution is -2.44. The van der Waals surface area contributed by atoms with Crippen molar-refractivity contribution in [3.8, 4) is 11.1 Å². The van der Waals surface area contributed by atoms with Crippen molar-refractivity contribution in [1.82, 2.24) is 10.2 Å². The molecule has 52 heavy (non-hydrogen) atoms. The fourth-order valence-corrected chi connectivity index (χ4v) is 6.82. The molecule has 270 valence electrons. The van der Waals surface area contributed by atoms with Gasteiger partial charge in [-0.3, -0.25) is 14.5 Å². The maximum absolute atomic E-state index is 12.4. The number of carbonyl (C=O) groups is 2. The number of ether oxygens (including phenoxy) is 3. The molecule has 8 heteroatoms. The van der Waals surface area contributed by atoms with Crippen LogP contribution in [0.1, 0.15) is 73.9 Å². The first-order valence-corrected chi connectivity index (χ1v) is 17.9. The summed E-state index contributed by atoms with van der Waals surface area (Å²) in [6.07, 6.45) is -1.77. The summed E-state index contributed by atoms with van der Waals surface area (Å²) in [4.78, 5) is 25.9. The third-order valence-corrected chi connectivity index (χ3v) is 10.1. The van der Waals surface area contributed by atoms with Gasteiger partial charge in [-0.25, -0.2) is 0 Å². The van der Waals surface area contributed by atoms with Gasteiger partial charge in [-0.05, 0) is 77.2 Å². The molecule has 0 aromatic heterocycles. The Morgan fingerprint density at radius 1 is 0.808 bits per heavy atom. The number of fused-ring (bicyclic) bond motifs is 1. The summed E-state index contributed by atoms with van der Waals surface area (Å²) in [5, 5.41) is 15.0. The first-order chi connectivity index (χ1) is 25.1. The predicted molar refractivity (Wildman–Crippen MR) is 203 cm³/mol. The second-order valence-electron chi connectivity index (χ2n) is 13.8. The highest BCUT2D eigenvalue weighted by Crippen LogP contribution is 2.42. The van der Waals surface area contributed by atoms with Crippen LogP contribution in [0.25, 0.3) is 21.9 Å². The van der Waals surface area contributed by atoms with Crippen LogP contribution in [0, 0.1) is 5.92 Å². The highest BCUT2D eigenvalue weighted by Gasteiger charge is 2.39. The molecule has 0 radical (unpaired) electrons. The molecular weight excluding hydrogens is 652 g/mol.